The molecule has 0 aromatic heterocycles. The van der Waals surface area contributed by atoms with E-state index in [0.29, 0.717) is 15.8 Å². The van der Waals surface area contributed by atoms with Gasteiger partial charge in [-0.3, -0.25) is 4.79 Å². The summed E-state index contributed by atoms with van der Waals surface area (Å²) in [7, 11) is 0. The Morgan fingerprint density at radius 3 is 1.88 bits per heavy atom. The van der Waals surface area contributed by atoms with E-state index in [1.807, 2.05) is 0 Å². The van der Waals surface area contributed by atoms with E-state index in [0.717, 1.165) is 12.5 Å². The molecule has 0 radical (unpaired) electrons. The Kier molecular flexibility index (Phi) is 6.53. The molecule has 0 fully saturated rings. The summed E-state index contributed by atoms with van der Waals surface area (Å²) >= 11 is 11.5. The average Bonchev–Trinajstić information content (AvgIpc) is 2.14. The number of hydrogen-bond donors (Lipinski definition) is 2. The molecule has 0 saturated carbocycles. The van der Waals surface area contributed by atoms with E-state index in [9.17, 15) is 0 Å². The molecule has 0 atom stereocenters. The fraction of sp³-hybridized carbons (Fsp3) is 0.200. The Morgan fingerprint density at radius 1 is 1.19 bits per heavy atom. The fourth-order valence-corrected chi connectivity index (χ4v) is 1.35. The molecule has 4 nitrogen and oxygen atoms in total. The predicted molar refractivity (Wildman–Crippen MR) is 63.8 cm³/mol. The molecule has 0 amide bonds. The number of nitrogens with zero attached hydrogens (tertiary/aromatic N) is 1. The van der Waals surface area contributed by atoms with E-state index in [2.05, 4.69) is 5.16 Å². The summed E-state index contributed by atoms with van der Waals surface area (Å²) in [5.41, 5.74) is 1.20. The molecule has 0 unspecified atom stereocenters. The standard InChI is InChI=1S/C8H7Cl2NO.C2H4O2/c1-5(11-12)6-2-7(9)4-8(10)3-6;1-2(3)4/h2-4,12H,1H3;1H3,(H,3,4). The van der Waals surface area contributed by atoms with Crippen LogP contribution in [0.25, 0.3) is 0 Å². The van der Waals surface area contributed by atoms with Gasteiger partial charge in [0.1, 0.15) is 0 Å². The van der Waals surface area contributed by atoms with Gasteiger partial charge in [0.15, 0.2) is 0 Å². The van der Waals surface area contributed by atoms with Gasteiger partial charge in [0.25, 0.3) is 5.97 Å². The van der Waals surface area contributed by atoms with Crippen LogP contribution in [0.2, 0.25) is 10.0 Å². The van der Waals surface area contributed by atoms with E-state index in [4.69, 9.17) is 38.3 Å². The zero-order valence-corrected chi connectivity index (χ0v) is 10.2. The molecule has 0 heterocycles. The number of hydrogen-bond acceptors (Lipinski definition) is 3. The first-order chi connectivity index (χ1) is 7.36. The highest BCUT2D eigenvalue weighted by molar-refractivity contribution is 6.35. The van der Waals surface area contributed by atoms with Crippen molar-refractivity contribution >= 4 is 34.9 Å². The predicted octanol–water partition coefficient (Wildman–Crippen LogP) is 3.28. The molecular weight excluding hydrogens is 253 g/mol. The number of aliphatic carboxylic acids is 1. The number of benzene rings is 1. The first-order valence-corrected chi connectivity index (χ1v) is 4.97. The number of carboxylic acids is 1. The van der Waals surface area contributed by atoms with Gasteiger partial charge in [-0.1, -0.05) is 28.4 Å². The van der Waals surface area contributed by atoms with Crippen LogP contribution < -0.4 is 0 Å². The lowest BCUT2D eigenvalue weighted by atomic mass is 10.1. The second-order valence-electron chi connectivity index (χ2n) is 2.86. The molecule has 2 N–H and O–H groups in total. The summed E-state index contributed by atoms with van der Waals surface area (Å²) in [6.45, 7) is 2.75. The fourth-order valence-electron chi connectivity index (χ4n) is 0.820. The van der Waals surface area contributed by atoms with Crippen molar-refractivity contribution in [1.29, 1.82) is 0 Å². The third kappa shape index (κ3) is 6.27. The Bertz CT molecular complexity index is 381. The largest absolute Gasteiger partial charge is 0.481 e. The third-order valence-corrected chi connectivity index (χ3v) is 1.87. The number of carboxylic acid groups (broad SMARTS) is 1. The van der Waals surface area contributed by atoms with E-state index in [-0.39, 0.29) is 0 Å². The van der Waals surface area contributed by atoms with Crippen LogP contribution in [-0.2, 0) is 4.79 Å². The number of carbonyl (C=O) groups is 1. The molecule has 16 heavy (non-hydrogen) atoms. The molecule has 0 aliphatic carbocycles. The molecule has 1 rings (SSSR count). The highest BCUT2D eigenvalue weighted by atomic mass is 35.5. The second-order valence-corrected chi connectivity index (χ2v) is 3.74. The zero-order valence-electron chi connectivity index (χ0n) is 8.74. The minimum Gasteiger partial charge on any atom is -0.481 e. The van der Waals surface area contributed by atoms with Crippen molar-refractivity contribution in [2.24, 2.45) is 5.16 Å². The first kappa shape index (κ1) is 14.7. The van der Waals surface area contributed by atoms with E-state index >= 15 is 0 Å². The zero-order chi connectivity index (χ0) is 12.7. The van der Waals surface area contributed by atoms with Crippen LogP contribution >= 0.6 is 23.2 Å². The average molecular weight is 264 g/mol. The summed E-state index contributed by atoms with van der Waals surface area (Å²) in [6.07, 6.45) is 0. The van der Waals surface area contributed by atoms with Crippen molar-refractivity contribution in [2.75, 3.05) is 0 Å². The monoisotopic (exact) mass is 263 g/mol. The quantitative estimate of drug-likeness (QED) is 0.464. The van der Waals surface area contributed by atoms with Crippen molar-refractivity contribution in [1.82, 2.24) is 0 Å². The van der Waals surface area contributed by atoms with Crippen LogP contribution in [0.4, 0.5) is 0 Å². The molecule has 0 bridgehead atoms. The minimum absolute atomic E-state index is 0.486. The highest BCUT2D eigenvalue weighted by Crippen LogP contribution is 2.19. The molecule has 6 heteroatoms. The summed E-state index contributed by atoms with van der Waals surface area (Å²) in [6, 6.07) is 4.99. The smallest absolute Gasteiger partial charge is 0.300 e. The Balaban J connectivity index is 0.000000487. The van der Waals surface area contributed by atoms with E-state index in [1.54, 1.807) is 25.1 Å². The van der Waals surface area contributed by atoms with Gasteiger partial charge in [0.05, 0.1) is 5.71 Å². The molecule has 0 spiro atoms. The van der Waals surface area contributed by atoms with Crippen LogP contribution in [0.15, 0.2) is 23.4 Å². The van der Waals surface area contributed by atoms with E-state index in [1.165, 1.54) is 0 Å². The van der Waals surface area contributed by atoms with E-state index < -0.39 is 5.97 Å². The second kappa shape index (κ2) is 7.09. The van der Waals surface area contributed by atoms with Crippen molar-refractivity contribution in [2.45, 2.75) is 13.8 Å². The van der Waals surface area contributed by atoms with Crippen LogP contribution in [0, 0.1) is 0 Å². The van der Waals surface area contributed by atoms with Gasteiger partial charge in [-0.05, 0) is 25.1 Å². The van der Waals surface area contributed by atoms with Gasteiger partial charge in [-0.2, -0.15) is 0 Å². The lowest BCUT2D eigenvalue weighted by molar-refractivity contribution is -0.134. The summed E-state index contributed by atoms with van der Waals surface area (Å²) in [5, 5.41) is 20.0. The van der Waals surface area contributed by atoms with Gasteiger partial charge >= 0.3 is 0 Å². The van der Waals surface area contributed by atoms with Crippen molar-refractivity contribution in [3.8, 4) is 0 Å². The molecular formula is C10H11Cl2NO3. The van der Waals surface area contributed by atoms with Crippen LogP contribution in [0.1, 0.15) is 19.4 Å². The Morgan fingerprint density at radius 2 is 1.56 bits per heavy atom. The Hall–Kier alpha value is -1.26. The summed E-state index contributed by atoms with van der Waals surface area (Å²) in [5.74, 6) is -0.833. The van der Waals surface area contributed by atoms with Gasteiger partial charge in [0, 0.05) is 22.5 Å². The van der Waals surface area contributed by atoms with Crippen molar-refractivity contribution in [3.63, 3.8) is 0 Å². The molecule has 0 aliphatic heterocycles. The number of halogens is 2. The summed E-state index contributed by atoms with van der Waals surface area (Å²) < 4.78 is 0. The third-order valence-electron chi connectivity index (χ3n) is 1.43. The molecule has 0 saturated heterocycles. The lowest BCUT2D eigenvalue weighted by Crippen LogP contribution is -1.93. The van der Waals surface area contributed by atoms with Crippen LogP contribution in [0.5, 0.6) is 0 Å². The van der Waals surface area contributed by atoms with Crippen LogP contribution in [-0.4, -0.2) is 22.0 Å². The molecule has 1 aromatic carbocycles. The maximum absolute atomic E-state index is 9.00. The maximum atomic E-state index is 9.00. The normalized spacial score (nSPS) is 10.4. The molecule has 0 aliphatic rings. The van der Waals surface area contributed by atoms with Gasteiger partial charge in [-0.15, -0.1) is 0 Å². The lowest BCUT2D eigenvalue weighted by Gasteiger charge is -1.99. The van der Waals surface area contributed by atoms with Crippen molar-refractivity contribution in [3.05, 3.63) is 33.8 Å². The molecule has 88 valence electrons. The summed E-state index contributed by atoms with van der Waals surface area (Å²) in [4.78, 5) is 9.00. The number of rotatable bonds is 1. The van der Waals surface area contributed by atoms with Crippen LogP contribution in [0.3, 0.4) is 0 Å². The van der Waals surface area contributed by atoms with Gasteiger partial charge in [0.2, 0.25) is 0 Å². The van der Waals surface area contributed by atoms with Gasteiger partial charge in [-0.25, -0.2) is 0 Å². The Labute approximate surface area is 103 Å². The van der Waals surface area contributed by atoms with Crippen molar-refractivity contribution < 1.29 is 15.1 Å². The number of oxime groups is 1. The SMILES string of the molecule is CC(=NO)c1cc(Cl)cc(Cl)c1.CC(=O)O. The first-order valence-electron chi connectivity index (χ1n) is 4.21. The maximum Gasteiger partial charge on any atom is 0.300 e. The minimum atomic E-state index is -0.833. The topological polar surface area (TPSA) is 69.9 Å². The highest BCUT2D eigenvalue weighted by Gasteiger charge is 2.00. The van der Waals surface area contributed by atoms with Gasteiger partial charge < -0.3 is 10.3 Å². The molecule has 1 aromatic rings.